The summed E-state index contributed by atoms with van der Waals surface area (Å²) >= 11 is 0. The normalized spacial score (nSPS) is 23.2. The average Bonchev–Trinajstić information content (AvgIpc) is 2.65. The first-order chi connectivity index (χ1) is 11.1. The second-order valence-corrected chi connectivity index (χ2v) is 6.89. The fourth-order valence-corrected chi connectivity index (χ4v) is 3.61. The molecule has 0 aliphatic carbocycles. The number of hydrazine groups is 1. The van der Waals surface area contributed by atoms with Crippen molar-refractivity contribution in [2.75, 3.05) is 26.2 Å². The largest absolute Gasteiger partial charge is 0.285 e. The van der Waals surface area contributed by atoms with Crippen molar-refractivity contribution in [3.8, 4) is 0 Å². The van der Waals surface area contributed by atoms with Crippen LogP contribution in [0.4, 0.5) is 0 Å². The highest BCUT2D eigenvalue weighted by Gasteiger charge is 2.39. The van der Waals surface area contributed by atoms with Crippen LogP contribution in [0.15, 0.2) is 30.3 Å². The molecule has 0 N–H and O–H groups in total. The molecule has 2 aliphatic heterocycles. The van der Waals surface area contributed by atoms with E-state index in [9.17, 15) is 9.59 Å². The molecule has 0 unspecified atom stereocenters. The summed E-state index contributed by atoms with van der Waals surface area (Å²) < 4.78 is 0. The lowest BCUT2D eigenvalue weighted by Crippen LogP contribution is -2.54. The Morgan fingerprint density at radius 1 is 1.09 bits per heavy atom. The van der Waals surface area contributed by atoms with Gasteiger partial charge in [0, 0.05) is 13.1 Å². The molecular formula is C18H25N3O2. The highest BCUT2D eigenvalue weighted by atomic mass is 16.2. The van der Waals surface area contributed by atoms with Crippen molar-refractivity contribution >= 4 is 11.8 Å². The third-order valence-electron chi connectivity index (χ3n) is 4.47. The smallest absolute Gasteiger partial charge is 0.255 e. The van der Waals surface area contributed by atoms with Crippen LogP contribution in [0.2, 0.25) is 0 Å². The monoisotopic (exact) mass is 315 g/mol. The van der Waals surface area contributed by atoms with E-state index in [1.165, 1.54) is 0 Å². The van der Waals surface area contributed by atoms with Gasteiger partial charge in [-0.2, -0.15) is 0 Å². The van der Waals surface area contributed by atoms with E-state index in [0.29, 0.717) is 25.6 Å². The summed E-state index contributed by atoms with van der Waals surface area (Å²) in [7, 11) is 0. The number of rotatable bonds is 3. The van der Waals surface area contributed by atoms with E-state index in [4.69, 9.17) is 0 Å². The Balaban J connectivity index is 1.88. The predicted octanol–water partition coefficient (Wildman–Crippen LogP) is 2.07. The lowest BCUT2D eigenvalue weighted by molar-refractivity contribution is -0.171. The second-order valence-electron chi connectivity index (χ2n) is 6.89. The third-order valence-corrected chi connectivity index (χ3v) is 4.47. The van der Waals surface area contributed by atoms with E-state index >= 15 is 0 Å². The minimum atomic E-state index is -0.0274. The fraction of sp³-hybridized carbons (Fsp3) is 0.556. The number of fused-ring (bicyclic) bond motifs is 1. The molecule has 2 heterocycles. The van der Waals surface area contributed by atoms with Crippen molar-refractivity contribution in [1.29, 1.82) is 0 Å². The quantitative estimate of drug-likeness (QED) is 0.857. The first-order valence-electron chi connectivity index (χ1n) is 8.46. The van der Waals surface area contributed by atoms with Crippen molar-refractivity contribution in [2.24, 2.45) is 5.92 Å². The number of carbonyl (C=O) groups excluding carboxylic acids is 2. The maximum atomic E-state index is 12.9. The van der Waals surface area contributed by atoms with Gasteiger partial charge in [-0.05, 0) is 24.3 Å². The highest BCUT2D eigenvalue weighted by molar-refractivity contribution is 5.87. The van der Waals surface area contributed by atoms with Gasteiger partial charge in [-0.25, -0.2) is 10.0 Å². The number of hydrogen-bond acceptors (Lipinski definition) is 3. The molecule has 0 radical (unpaired) electrons. The lowest BCUT2D eigenvalue weighted by atomic mass is 9.99. The van der Waals surface area contributed by atoms with Gasteiger partial charge >= 0.3 is 0 Å². The van der Waals surface area contributed by atoms with Crippen molar-refractivity contribution in [3.63, 3.8) is 0 Å². The Morgan fingerprint density at radius 3 is 2.48 bits per heavy atom. The number of nitrogens with zero attached hydrogens (tertiary/aromatic N) is 3. The van der Waals surface area contributed by atoms with Crippen LogP contribution in [-0.2, 0) is 9.59 Å². The van der Waals surface area contributed by atoms with Crippen LogP contribution in [0, 0.1) is 5.92 Å². The zero-order valence-corrected chi connectivity index (χ0v) is 13.9. The molecule has 2 fully saturated rings. The molecule has 0 saturated carbocycles. The van der Waals surface area contributed by atoms with Crippen LogP contribution >= 0.6 is 0 Å². The first kappa shape index (κ1) is 16.0. The molecule has 5 nitrogen and oxygen atoms in total. The average molecular weight is 315 g/mol. The Labute approximate surface area is 137 Å². The summed E-state index contributed by atoms with van der Waals surface area (Å²) in [6, 6.07) is 10.0. The predicted molar refractivity (Wildman–Crippen MR) is 88.3 cm³/mol. The standard InChI is InChI=1S/C18H25N3O2/c1-14(2)11-19-12-17(22)20-10-6-9-16(21(20)18(23)13-19)15-7-4-3-5-8-15/h3-5,7-8,14,16H,6,9-13H2,1-2H3/t16-/m0/s1. The molecule has 5 heteroatoms. The summed E-state index contributed by atoms with van der Waals surface area (Å²) in [6.07, 6.45) is 1.84. The van der Waals surface area contributed by atoms with Gasteiger partial charge in [0.25, 0.3) is 11.8 Å². The molecule has 1 aromatic carbocycles. The molecule has 2 aliphatic rings. The maximum absolute atomic E-state index is 12.9. The molecule has 124 valence electrons. The zero-order valence-electron chi connectivity index (χ0n) is 13.9. The Hall–Kier alpha value is -1.88. The summed E-state index contributed by atoms with van der Waals surface area (Å²) in [6.45, 7) is 6.30. The summed E-state index contributed by atoms with van der Waals surface area (Å²) in [4.78, 5) is 27.5. The molecule has 0 bridgehead atoms. The van der Waals surface area contributed by atoms with E-state index in [1.54, 1.807) is 10.0 Å². The van der Waals surface area contributed by atoms with Gasteiger partial charge in [-0.15, -0.1) is 0 Å². The minimum Gasteiger partial charge on any atom is -0.285 e. The molecule has 2 amide bonds. The summed E-state index contributed by atoms with van der Waals surface area (Å²) in [5.74, 6) is 0.507. The molecular weight excluding hydrogens is 290 g/mol. The second kappa shape index (κ2) is 6.71. The van der Waals surface area contributed by atoms with Gasteiger partial charge in [0.2, 0.25) is 0 Å². The topological polar surface area (TPSA) is 43.9 Å². The van der Waals surface area contributed by atoms with Crippen LogP contribution in [0.3, 0.4) is 0 Å². The number of amides is 2. The summed E-state index contributed by atoms with van der Waals surface area (Å²) in [5, 5.41) is 3.41. The van der Waals surface area contributed by atoms with E-state index in [-0.39, 0.29) is 17.9 Å². The Kier molecular flexibility index (Phi) is 4.66. The molecule has 3 rings (SSSR count). The molecule has 2 saturated heterocycles. The van der Waals surface area contributed by atoms with Gasteiger partial charge in [0.15, 0.2) is 0 Å². The molecule has 0 spiro atoms. The summed E-state index contributed by atoms with van der Waals surface area (Å²) in [5.41, 5.74) is 1.11. The number of hydrogen-bond donors (Lipinski definition) is 0. The fourth-order valence-electron chi connectivity index (χ4n) is 3.61. The van der Waals surface area contributed by atoms with Gasteiger partial charge in [0.05, 0.1) is 19.1 Å². The molecule has 1 atom stereocenters. The van der Waals surface area contributed by atoms with Crippen LogP contribution < -0.4 is 0 Å². The van der Waals surface area contributed by atoms with Gasteiger partial charge in [-0.1, -0.05) is 44.2 Å². The van der Waals surface area contributed by atoms with E-state index in [0.717, 1.165) is 24.9 Å². The molecule has 23 heavy (non-hydrogen) atoms. The van der Waals surface area contributed by atoms with Crippen LogP contribution in [-0.4, -0.2) is 52.9 Å². The van der Waals surface area contributed by atoms with Gasteiger partial charge in [0.1, 0.15) is 0 Å². The lowest BCUT2D eigenvalue weighted by Gasteiger charge is -2.43. The van der Waals surface area contributed by atoms with Crippen LogP contribution in [0.25, 0.3) is 0 Å². The van der Waals surface area contributed by atoms with Crippen molar-refractivity contribution < 1.29 is 9.59 Å². The van der Waals surface area contributed by atoms with Crippen molar-refractivity contribution in [1.82, 2.24) is 14.9 Å². The number of carbonyl (C=O) groups is 2. The van der Waals surface area contributed by atoms with E-state index in [2.05, 4.69) is 13.8 Å². The number of benzene rings is 1. The first-order valence-corrected chi connectivity index (χ1v) is 8.46. The Bertz CT molecular complexity index is 573. The highest BCUT2D eigenvalue weighted by Crippen LogP contribution is 2.32. The zero-order chi connectivity index (χ0) is 16.4. The molecule has 0 aromatic heterocycles. The maximum Gasteiger partial charge on any atom is 0.255 e. The van der Waals surface area contributed by atoms with Gasteiger partial charge < -0.3 is 0 Å². The molecule has 1 aromatic rings. The van der Waals surface area contributed by atoms with E-state index in [1.807, 2.05) is 35.2 Å². The van der Waals surface area contributed by atoms with E-state index < -0.39 is 0 Å². The SMILES string of the molecule is CC(C)CN1CC(=O)N2CCC[C@@H](c3ccccc3)N2C(=O)C1. The van der Waals surface area contributed by atoms with Crippen molar-refractivity contribution in [2.45, 2.75) is 32.7 Å². The van der Waals surface area contributed by atoms with Crippen LogP contribution in [0.5, 0.6) is 0 Å². The third kappa shape index (κ3) is 3.39. The van der Waals surface area contributed by atoms with Gasteiger partial charge in [-0.3, -0.25) is 14.5 Å². The van der Waals surface area contributed by atoms with Crippen molar-refractivity contribution in [3.05, 3.63) is 35.9 Å². The minimum absolute atomic E-state index is 0.0274. The van der Waals surface area contributed by atoms with Crippen LogP contribution in [0.1, 0.15) is 38.3 Å². The Morgan fingerprint density at radius 2 is 1.78 bits per heavy atom.